The number of hydrogen-bond acceptors (Lipinski definition) is 2. The van der Waals surface area contributed by atoms with Crippen molar-refractivity contribution in [2.75, 3.05) is 0 Å². The second-order valence-electron chi connectivity index (χ2n) is 5.11. The van der Waals surface area contributed by atoms with Crippen molar-refractivity contribution in [3.05, 3.63) is 11.3 Å². The summed E-state index contributed by atoms with van der Waals surface area (Å²) in [5.41, 5.74) is 1.95. The molecule has 0 saturated carbocycles. The molecule has 0 spiro atoms. The van der Waals surface area contributed by atoms with E-state index in [0.717, 1.165) is 11.3 Å². The van der Waals surface area contributed by atoms with Crippen LogP contribution in [0.15, 0.2) is 0 Å². The van der Waals surface area contributed by atoms with E-state index in [4.69, 9.17) is 0 Å². The molecular formula is C11H20N2O. The van der Waals surface area contributed by atoms with E-state index >= 15 is 0 Å². The number of nitrogens with zero attached hydrogens (tertiary/aromatic N) is 2. The minimum atomic E-state index is -0.0155. The van der Waals surface area contributed by atoms with Crippen LogP contribution in [0.3, 0.4) is 0 Å². The molecule has 1 aromatic rings. The summed E-state index contributed by atoms with van der Waals surface area (Å²) in [4.78, 5) is 0. The lowest BCUT2D eigenvalue weighted by Gasteiger charge is -2.18. The van der Waals surface area contributed by atoms with Crippen molar-refractivity contribution in [2.45, 2.75) is 46.0 Å². The topological polar surface area (TPSA) is 38.0 Å². The highest BCUT2D eigenvalue weighted by molar-refractivity contribution is 5.37. The maximum atomic E-state index is 9.85. The maximum Gasteiger partial charge on any atom is 0.212 e. The average molecular weight is 196 g/mol. The Hall–Kier alpha value is -0.990. The molecule has 1 heterocycles. The Labute approximate surface area is 85.8 Å². The lowest BCUT2D eigenvalue weighted by atomic mass is 9.86. The van der Waals surface area contributed by atoms with Crippen LogP contribution in [-0.2, 0) is 12.5 Å². The van der Waals surface area contributed by atoms with Gasteiger partial charge >= 0.3 is 0 Å². The van der Waals surface area contributed by atoms with E-state index in [1.54, 1.807) is 11.7 Å². The highest BCUT2D eigenvalue weighted by Crippen LogP contribution is 2.35. The zero-order chi connectivity index (χ0) is 11.1. The van der Waals surface area contributed by atoms with Crippen LogP contribution in [-0.4, -0.2) is 14.9 Å². The smallest absolute Gasteiger partial charge is 0.212 e. The predicted octanol–water partition coefficient (Wildman–Crippen LogP) is 2.55. The molecule has 0 fully saturated rings. The Bertz CT molecular complexity index is 332. The summed E-state index contributed by atoms with van der Waals surface area (Å²) in [6.07, 6.45) is 0. The van der Waals surface area contributed by atoms with Crippen LogP contribution in [0.1, 0.15) is 51.8 Å². The second-order valence-corrected chi connectivity index (χ2v) is 5.11. The van der Waals surface area contributed by atoms with Gasteiger partial charge in [-0.2, -0.15) is 5.10 Å². The van der Waals surface area contributed by atoms with Gasteiger partial charge in [0.25, 0.3) is 0 Å². The van der Waals surface area contributed by atoms with Crippen LogP contribution in [0.4, 0.5) is 0 Å². The number of aryl methyl sites for hydroxylation is 1. The minimum Gasteiger partial charge on any atom is -0.493 e. The van der Waals surface area contributed by atoms with Gasteiger partial charge < -0.3 is 5.11 Å². The lowest BCUT2D eigenvalue weighted by molar-refractivity contribution is 0.411. The molecule has 80 valence electrons. The van der Waals surface area contributed by atoms with Crippen LogP contribution >= 0.6 is 0 Å². The first-order valence-corrected chi connectivity index (χ1v) is 5.01. The van der Waals surface area contributed by atoms with Crippen molar-refractivity contribution in [3.8, 4) is 5.88 Å². The number of aromatic hydroxyl groups is 1. The second kappa shape index (κ2) is 3.30. The third-order valence-corrected chi connectivity index (χ3v) is 2.34. The van der Waals surface area contributed by atoms with Gasteiger partial charge in [0.15, 0.2) is 0 Å². The number of rotatable bonds is 1. The first-order valence-electron chi connectivity index (χ1n) is 5.01. The monoisotopic (exact) mass is 196 g/mol. The van der Waals surface area contributed by atoms with Gasteiger partial charge in [0.05, 0.1) is 5.69 Å². The van der Waals surface area contributed by atoms with Gasteiger partial charge in [0.2, 0.25) is 5.88 Å². The van der Waals surface area contributed by atoms with E-state index in [1.807, 2.05) is 0 Å². The first-order chi connectivity index (χ1) is 6.25. The standard InChI is InChI=1S/C11H20N2O/c1-7(2)8-9(11(3,4)5)12-13(6)10(8)14/h7,14H,1-6H3. The number of hydrogen-bond donors (Lipinski definition) is 1. The van der Waals surface area contributed by atoms with Crippen LogP contribution in [0.5, 0.6) is 5.88 Å². The first kappa shape index (κ1) is 11.1. The van der Waals surface area contributed by atoms with Gasteiger partial charge in [-0.3, -0.25) is 0 Å². The Morgan fingerprint density at radius 2 is 1.79 bits per heavy atom. The Kier molecular flexibility index (Phi) is 2.61. The van der Waals surface area contributed by atoms with E-state index in [9.17, 15) is 5.11 Å². The summed E-state index contributed by atoms with van der Waals surface area (Å²) in [6.45, 7) is 10.5. The van der Waals surface area contributed by atoms with Crippen molar-refractivity contribution >= 4 is 0 Å². The fourth-order valence-electron chi connectivity index (χ4n) is 1.62. The van der Waals surface area contributed by atoms with Gasteiger partial charge in [-0.1, -0.05) is 34.6 Å². The highest BCUT2D eigenvalue weighted by atomic mass is 16.3. The van der Waals surface area contributed by atoms with Gasteiger partial charge in [0, 0.05) is 18.0 Å². The summed E-state index contributed by atoms with van der Waals surface area (Å²) in [7, 11) is 1.77. The molecular weight excluding hydrogens is 176 g/mol. The summed E-state index contributed by atoms with van der Waals surface area (Å²) >= 11 is 0. The lowest BCUT2D eigenvalue weighted by Crippen LogP contribution is -2.15. The highest BCUT2D eigenvalue weighted by Gasteiger charge is 2.27. The third-order valence-electron chi connectivity index (χ3n) is 2.34. The van der Waals surface area contributed by atoms with Gasteiger partial charge in [0.1, 0.15) is 0 Å². The molecule has 0 unspecified atom stereocenters. The molecule has 0 aromatic carbocycles. The molecule has 0 amide bonds. The Morgan fingerprint density at radius 3 is 2.07 bits per heavy atom. The fraction of sp³-hybridized carbons (Fsp3) is 0.727. The molecule has 14 heavy (non-hydrogen) atoms. The van der Waals surface area contributed by atoms with Crippen LogP contribution in [0, 0.1) is 0 Å². The van der Waals surface area contributed by atoms with Crippen molar-refractivity contribution < 1.29 is 5.11 Å². The molecule has 0 aliphatic heterocycles. The zero-order valence-electron chi connectivity index (χ0n) is 9.92. The summed E-state index contributed by atoms with van der Waals surface area (Å²) < 4.78 is 1.55. The quantitative estimate of drug-likeness (QED) is 0.749. The SMILES string of the molecule is CC(C)c1c(C(C)(C)C)nn(C)c1O. The molecule has 3 nitrogen and oxygen atoms in total. The molecule has 0 bridgehead atoms. The van der Waals surface area contributed by atoms with Crippen molar-refractivity contribution in [1.29, 1.82) is 0 Å². The molecule has 0 radical (unpaired) electrons. The van der Waals surface area contributed by atoms with E-state index in [-0.39, 0.29) is 5.41 Å². The molecule has 0 aliphatic carbocycles. The fourth-order valence-corrected chi connectivity index (χ4v) is 1.62. The molecule has 1 N–H and O–H groups in total. The largest absolute Gasteiger partial charge is 0.493 e. The van der Waals surface area contributed by atoms with Crippen molar-refractivity contribution in [3.63, 3.8) is 0 Å². The maximum absolute atomic E-state index is 9.85. The van der Waals surface area contributed by atoms with Crippen molar-refractivity contribution in [1.82, 2.24) is 9.78 Å². The molecule has 3 heteroatoms. The van der Waals surface area contributed by atoms with E-state index in [0.29, 0.717) is 11.8 Å². The van der Waals surface area contributed by atoms with Crippen LogP contribution in [0.25, 0.3) is 0 Å². The van der Waals surface area contributed by atoms with Gasteiger partial charge in [-0.05, 0) is 5.92 Å². The molecule has 1 rings (SSSR count). The molecule has 0 aliphatic rings. The Morgan fingerprint density at radius 1 is 1.29 bits per heavy atom. The summed E-state index contributed by atoms with van der Waals surface area (Å²) in [6, 6.07) is 0. The van der Waals surface area contributed by atoms with Crippen LogP contribution in [0.2, 0.25) is 0 Å². The minimum absolute atomic E-state index is 0.0155. The predicted molar refractivity (Wildman–Crippen MR) is 57.7 cm³/mol. The van der Waals surface area contributed by atoms with E-state index in [1.165, 1.54) is 0 Å². The third kappa shape index (κ3) is 1.76. The van der Waals surface area contributed by atoms with E-state index in [2.05, 4.69) is 39.7 Å². The molecule has 0 saturated heterocycles. The van der Waals surface area contributed by atoms with Gasteiger partial charge in [-0.15, -0.1) is 0 Å². The number of aromatic nitrogens is 2. The normalized spacial score (nSPS) is 12.5. The molecule has 0 atom stereocenters. The van der Waals surface area contributed by atoms with Gasteiger partial charge in [-0.25, -0.2) is 4.68 Å². The Balaban J connectivity index is 3.37. The molecule has 1 aromatic heterocycles. The van der Waals surface area contributed by atoms with Crippen LogP contribution < -0.4 is 0 Å². The van der Waals surface area contributed by atoms with Crippen molar-refractivity contribution in [2.24, 2.45) is 7.05 Å². The summed E-state index contributed by atoms with van der Waals surface area (Å²) in [5.74, 6) is 0.600. The summed E-state index contributed by atoms with van der Waals surface area (Å²) in [5, 5.41) is 14.2. The zero-order valence-corrected chi connectivity index (χ0v) is 9.92. The average Bonchev–Trinajstić information content (AvgIpc) is 2.27. The van der Waals surface area contributed by atoms with E-state index < -0.39 is 0 Å².